The molecule has 7 heavy (non-hydrogen) atoms. The number of aliphatic hydroxyl groups excluding tert-OH is 1. The molecule has 42 valence electrons. The van der Waals surface area contributed by atoms with E-state index in [-0.39, 0.29) is 0 Å². The van der Waals surface area contributed by atoms with Crippen LogP contribution in [0, 0.1) is 0 Å². The van der Waals surface area contributed by atoms with Crippen LogP contribution in [0.15, 0.2) is 4.99 Å². The van der Waals surface area contributed by atoms with Gasteiger partial charge in [0.25, 0.3) is 0 Å². The van der Waals surface area contributed by atoms with Gasteiger partial charge in [-0.15, -0.1) is 0 Å². The molecule has 0 radical (unpaired) electrons. The molecule has 0 bridgehead atoms. The summed E-state index contributed by atoms with van der Waals surface area (Å²) in [6, 6.07) is 0. The van der Waals surface area contributed by atoms with Crippen LogP contribution in [0.2, 0.25) is 0 Å². The number of hydrogen-bond donors (Lipinski definition) is 1. The molecular weight excluding hydrogens is 94.0 g/mol. The molecule has 0 aliphatic carbocycles. The Labute approximate surface area is 42.6 Å². The van der Waals surface area contributed by atoms with Crippen LogP contribution in [-0.2, 0) is 4.74 Å². The molecular formula is C4H9NO2. The number of nitrogens with zero attached hydrogens (tertiary/aromatic N) is 1. The predicted octanol–water partition coefficient (Wildman–Crippen LogP) is -0.347. The molecule has 0 saturated heterocycles. The van der Waals surface area contributed by atoms with Crippen molar-refractivity contribution in [2.45, 2.75) is 0 Å². The third kappa shape index (κ3) is 3.26. The van der Waals surface area contributed by atoms with E-state index in [1.165, 1.54) is 6.40 Å². The highest BCUT2D eigenvalue weighted by Gasteiger charge is 1.84. The number of aliphatic imine (C=N–C) groups is 1. The second kappa shape index (κ2) is 5.43. The lowest BCUT2D eigenvalue weighted by molar-refractivity contribution is 0.361. The number of rotatable bonds is 0. The Morgan fingerprint density at radius 2 is 2.43 bits per heavy atom. The highest BCUT2D eigenvalue weighted by atomic mass is 16.5. The topological polar surface area (TPSA) is 41.8 Å². The van der Waals surface area contributed by atoms with E-state index in [1.807, 2.05) is 0 Å². The molecule has 0 saturated carbocycles. The van der Waals surface area contributed by atoms with E-state index in [0.717, 1.165) is 20.3 Å². The monoisotopic (exact) mass is 103 g/mol. The molecule has 0 atom stereocenters. The third-order valence-corrected chi connectivity index (χ3v) is 0.487. The summed E-state index contributed by atoms with van der Waals surface area (Å²) >= 11 is 0. The molecule has 3 heteroatoms. The van der Waals surface area contributed by atoms with Crippen LogP contribution < -0.4 is 0 Å². The van der Waals surface area contributed by atoms with E-state index in [0.29, 0.717) is 0 Å². The first-order chi connectivity index (χ1) is 3.50. The second-order valence-corrected chi connectivity index (χ2v) is 0.882. The minimum atomic E-state index is 0.778. The highest BCUT2D eigenvalue weighted by molar-refractivity contribution is 5.47. The molecule has 1 aliphatic rings. The third-order valence-electron chi connectivity index (χ3n) is 0.487. The molecule has 0 aromatic rings. The first-order valence-corrected chi connectivity index (χ1v) is 2.05. The van der Waals surface area contributed by atoms with Gasteiger partial charge in [-0.25, -0.2) is 0 Å². The minimum Gasteiger partial charge on any atom is -0.482 e. The van der Waals surface area contributed by atoms with Crippen molar-refractivity contribution >= 4 is 6.40 Å². The summed E-state index contributed by atoms with van der Waals surface area (Å²) in [5, 5.41) is 7.00. The fourth-order valence-electron chi connectivity index (χ4n) is 0.264. The van der Waals surface area contributed by atoms with Gasteiger partial charge in [0.15, 0.2) is 6.40 Å². The van der Waals surface area contributed by atoms with Gasteiger partial charge in [0.1, 0.15) is 6.61 Å². The fraction of sp³-hybridized carbons (Fsp3) is 0.750. The molecule has 1 heterocycles. The summed E-state index contributed by atoms with van der Waals surface area (Å²) in [7, 11) is 1.00. The van der Waals surface area contributed by atoms with Gasteiger partial charge in [-0.2, -0.15) is 0 Å². The van der Waals surface area contributed by atoms with Crippen molar-refractivity contribution in [1.29, 1.82) is 0 Å². The number of aliphatic hydroxyl groups is 1. The van der Waals surface area contributed by atoms with Gasteiger partial charge in [-0.3, -0.25) is 4.99 Å². The smallest absolute Gasteiger partial charge is 0.169 e. The fourth-order valence-corrected chi connectivity index (χ4v) is 0.264. The molecule has 0 spiro atoms. The Morgan fingerprint density at radius 3 is 2.57 bits per heavy atom. The Balaban J connectivity index is 0.000000162. The van der Waals surface area contributed by atoms with Gasteiger partial charge < -0.3 is 9.84 Å². The van der Waals surface area contributed by atoms with Crippen molar-refractivity contribution in [1.82, 2.24) is 0 Å². The van der Waals surface area contributed by atoms with Crippen LogP contribution in [0.25, 0.3) is 0 Å². The maximum absolute atomic E-state index is 7.00. The normalized spacial score (nSPS) is 14.6. The molecule has 0 unspecified atom stereocenters. The zero-order valence-electron chi connectivity index (χ0n) is 4.29. The molecule has 1 aliphatic heterocycles. The Hall–Kier alpha value is -0.570. The van der Waals surface area contributed by atoms with Gasteiger partial charge in [-0.05, 0) is 0 Å². The van der Waals surface area contributed by atoms with Gasteiger partial charge in [0, 0.05) is 7.11 Å². The van der Waals surface area contributed by atoms with E-state index in [4.69, 9.17) is 5.11 Å². The summed E-state index contributed by atoms with van der Waals surface area (Å²) in [5.41, 5.74) is 0. The molecule has 0 fully saturated rings. The SMILES string of the molecule is C1=NCCO1.CO. The van der Waals surface area contributed by atoms with Gasteiger partial charge >= 0.3 is 0 Å². The quantitative estimate of drug-likeness (QED) is 0.455. The average molecular weight is 103 g/mol. The molecule has 0 amide bonds. The lowest BCUT2D eigenvalue weighted by Gasteiger charge is -1.76. The van der Waals surface area contributed by atoms with Crippen LogP contribution in [0.4, 0.5) is 0 Å². The van der Waals surface area contributed by atoms with E-state index < -0.39 is 0 Å². The van der Waals surface area contributed by atoms with Crippen LogP contribution in [0.3, 0.4) is 0 Å². The summed E-state index contributed by atoms with van der Waals surface area (Å²) in [5.74, 6) is 0. The first-order valence-electron chi connectivity index (χ1n) is 2.05. The van der Waals surface area contributed by atoms with Crippen LogP contribution in [0.1, 0.15) is 0 Å². The van der Waals surface area contributed by atoms with Crippen LogP contribution in [-0.4, -0.2) is 31.8 Å². The zero-order chi connectivity index (χ0) is 5.54. The van der Waals surface area contributed by atoms with E-state index in [9.17, 15) is 0 Å². The van der Waals surface area contributed by atoms with Gasteiger partial charge in [0.2, 0.25) is 0 Å². The van der Waals surface area contributed by atoms with E-state index in [2.05, 4.69) is 9.73 Å². The van der Waals surface area contributed by atoms with Gasteiger partial charge in [0.05, 0.1) is 6.54 Å². The lowest BCUT2D eigenvalue weighted by Crippen LogP contribution is -1.80. The van der Waals surface area contributed by atoms with Crippen molar-refractivity contribution in [3.63, 3.8) is 0 Å². The van der Waals surface area contributed by atoms with Crippen molar-refractivity contribution in [2.75, 3.05) is 20.3 Å². The molecule has 1 N–H and O–H groups in total. The maximum atomic E-state index is 7.00. The summed E-state index contributed by atoms with van der Waals surface area (Å²) in [4.78, 5) is 3.74. The van der Waals surface area contributed by atoms with Crippen LogP contribution >= 0.6 is 0 Å². The van der Waals surface area contributed by atoms with E-state index in [1.54, 1.807) is 0 Å². The maximum Gasteiger partial charge on any atom is 0.169 e. The highest BCUT2D eigenvalue weighted by Crippen LogP contribution is 1.78. The average Bonchev–Trinajstić information content (AvgIpc) is 2.23. The standard InChI is InChI=1S/C3H5NO.CH4O/c1-2-5-3-4-1;1-2/h3H,1-2H2;2H,1H3. The Bertz CT molecular complexity index is 47.7. The predicted molar refractivity (Wildman–Crippen MR) is 27.5 cm³/mol. The molecule has 3 nitrogen and oxygen atoms in total. The molecule has 0 aromatic heterocycles. The van der Waals surface area contributed by atoms with Crippen molar-refractivity contribution in [3.05, 3.63) is 0 Å². The van der Waals surface area contributed by atoms with Crippen molar-refractivity contribution < 1.29 is 9.84 Å². The van der Waals surface area contributed by atoms with E-state index >= 15 is 0 Å². The number of ether oxygens (including phenoxy) is 1. The molecule has 1 rings (SSSR count). The van der Waals surface area contributed by atoms with Crippen molar-refractivity contribution in [2.24, 2.45) is 4.99 Å². The largest absolute Gasteiger partial charge is 0.482 e. The van der Waals surface area contributed by atoms with Crippen molar-refractivity contribution in [3.8, 4) is 0 Å². The Kier molecular flexibility index (Phi) is 4.99. The second-order valence-electron chi connectivity index (χ2n) is 0.882. The zero-order valence-corrected chi connectivity index (χ0v) is 4.29. The Morgan fingerprint density at radius 1 is 1.71 bits per heavy atom. The summed E-state index contributed by atoms with van der Waals surface area (Å²) in [6.07, 6.45) is 1.49. The number of hydrogen-bond acceptors (Lipinski definition) is 3. The lowest BCUT2D eigenvalue weighted by atomic mass is 10.8. The minimum absolute atomic E-state index is 0.778. The molecule has 0 aromatic carbocycles. The summed E-state index contributed by atoms with van der Waals surface area (Å²) in [6.45, 7) is 1.62. The van der Waals surface area contributed by atoms with Gasteiger partial charge in [-0.1, -0.05) is 0 Å². The van der Waals surface area contributed by atoms with Crippen LogP contribution in [0.5, 0.6) is 0 Å². The summed E-state index contributed by atoms with van der Waals surface area (Å²) < 4.78 is 4.65. The first kappa shape index (κ1) is 6.43.